The number of thioether (sulfide) groups is 1. The molecule has 0 aliphatic heterocycles. The first-order chi connectivity index (χ1) is 12.8. The molecule has 0 amide bonds. The smallest absolute Gasteiger partial charge is 0.195 e. The summed E-state index contributed by atoms with van der Waals surface area (Å²) in [5.74, 6) is 2.55. The van der Waals surface area contributed by atoms with Crippen molar-refractivity contribution in [2.45, 2.75) is 11.3 Å². The Morgan fingerprint density at radius 3 is 2.63 bits per heavy atom. The maximum atomic E-state index is 5.73. The number of benzene rings is 2. The summed E-state index contributed by atoms with van der Waals surface area (Å²) < 4.78 is 10.8. The summed E-state index contributed by atoms with van der Waals surface area (Å²) in [5.41, 5.74) is 0.943. The first kappa shape index (κ1) is 23.6. The van der Waals surface area contributed by atoms with Gasteiger partial charge in [-0.2, -0.15) is 0 Å². The van der Waals surface area contributed by atoms with Gasteiger partial charge in [-0.1, -0.05) is 24.3 Å². The van der Waals surface area contributed by atoms with E-state index in [2.05, 4.69) is 39.9 Å². The molecule has 0 aromatic heterocycles. The second-order valence-corrected chi connectivity index (χ2v) is 6.68. The van der Waals surface area contributed by atoms with Crippen molar-refractivity contribution in [2.24, 2.45) is 4.99 Å². The molecule has 27 heavy (non-hydrogen) atoms. The molecule has 0 saturated carbocycles. The minimum Gasteiger partial charge on any atom is -0.493 e. The third-order valence-corrected chi connectivity index (χ3v) is 4.50. The van der Waals surface area contributed by atoms with Crippen molar-refractivity contribution in [3.63, 3.8) is 0 Å². The molecule has 0 aliphatic carbocycles. The number of rotatable bonds is 10. The van der Waals surface area contributed by atoms with Crippen molar-refractivity contribution >= 4 is 47.4 Å². The molecule has 148 valence electrons. The zero-order chi connectivity index (χ0) is 18.5. The van der Waals surface area contributed by atoms with Crippen LogP contribution in [0.4, 0.5) is 5.69 Å². The van der Waals surface area contributed by atoms with Crippen LogP contribution in [-0.2, 0) is 4.74 Å². The Balaban J connectivity index is 0.00000364. The van der Waals surface area contributed by atoms with Gasteiger partial charge in [0.25, 0.3) is 0 Å². The number of nitrogens with zero attached hydrogens (tertiary/aromatic N) is 1. The van der Waals surface area contributed by atoms with Crippen molar-refractivity contribution in [1.29, 1.82) is 0 Å². The molecule has 0 aliphatic rings. The van der Waals surface area contributed by atoms with Crippen molar-refractivity contribution < 1.29 is 9.47 Å². The van der Waals surface area contributed by atoms with E-state index in [9.17, 15) is 0 Å². The standard InChI is InChI=1S/C20H27N3O2S.HI/c1-21-20(22-12-15-26-19-10-4-3-5-11-19)23-17-8-6-9-18(16-17)25-14-7-13-24-2;/h3-6,8-11,16H,7,12-15H2,1-2H3,(H2,21,22,23);1H. The van der Waals surface area contributed by atoms with Gasteiger partial charge >= 0.3 is 0 Å². The fourth-order valence-corrected chi connectivity index (χ4v) is 3.02. The fraction of sp³-hybridized carbons (Fsp3) is 0.350. The maximum Gasteiger partial charge on any atom is 0.195 e. The number of nitrogens with one attached hydrogen (secondary N) is 2. The molecule has 5 nitrogen and oxygen atoms in total. The monoisotopic (exact) mass is 501 g/mol. The Hall–Kier alpha value is -1.45. The number of halogens is 1. The van der Waals surface area contributed by atoms with Gasteiger partial charge in [0.1, 0.15) is 5.75 Å². The fourth-order valence-electron chi connectivity index (χ4n) is 2.23. The predicted octanol–water partition coefficient (Wildman–Crippen LogP) is 4.50. The summed E-state index contributed by atoms with van der Waals surface area (Å²) in [6.07, 6.45) is 0.871. The average Bonchev–Trinajstić information content (AvgIpc) is 2.69. The van der Waals surface area contributed by atoms with Crippen LogP contribution in [0.1, 0.15) is 6.42 Å². The van der Waals surface area contributed by atoms with Crippen LogP contribution in [-0.4, -0.2) is 45.6 Å². The number of hydrogen-bond donors (Lipinski definition) is 2. The first-order valence-electron chi connectivity index (χ1n) is 8.69. The van der Waals surface area contributed by atoms with Crippen LogP contribution in [0.2, 0.25) is 0 Å². The second-order valence-electron chi connectivity index (χ2n) is 5.51. The van der Waals surface area contributed by atoms with E-state index in [1.807, 2.05) is 42.1 Å². The van der Waals surface area contributed by atoms with Crippen molar-refractivity contribution in [3.05, 3.63) is 54.6 Å². The van der Waals surface area contributed by atoms with Gasteiger partial charge in [-0.05, 0) is 24.3 Å². The van der Waals surface area contributed by atoms with E-state index in [0.29, 0.717) is 13.2 Å². The lowest BCUT2D eigenvalue weighted by Gasteiger charge is -2.13. The van der Waals surface area contributed by atoms with E-state index in [1.54, 1.807) is 14.2 Å². The van der Waals surface area contributed by atoms with E-state index in [0.717, 1.165) is 36.1 Å². The summed E-state index contributed by atoms with van der Waals surface area (Å²) in [7, 11) is 3.46. The van der Waals surface area contributed by atoms with E-state index in [4.69, 9.17) is 9.47 Å². The molecule has 0 unspecified atom stereocenters. The zero-order valence-electron chi connectivity index (χ0n) is 15.8. The van der Waals surface area contributed by atoms with E-state index in [1.165, 1.54) is 4.90 Å². The highest BCUT2D eigenvalue weighted by Crippen LogP contribution is 2.18. The summed E-state index contributed by atoms with van der Waals surface area (Å²) in [4.78, 5) is 5.55. The Labute approximate surface area is 183 Å². The lowest BCUT2D eigenvalue weighted by atomic mass is 10.3. The molecule has 7 heteroatoms. The van der Waals surface area contributed by atoms with Gasteiger partial charge in [0.15, 0.2) is 5.96 Å². The Bertz CT molecular complexity index is 671. The van der Waals surface area contributed by atoms with Crippen LogP contribution >= 0.6 is 35.7 Å². The molecule has 0 fully saturated rings. The molecule has 0 atom stereocenters. The summed E-state index contributed by atoms with van der Waals surface area (Å²) in [6.45, 7) is 2.17. The third kappa shape index (κ3) is 9.88. The zero-order valence-corrected chi connectivity index (χ0v) is 19.0. The molecule has 0 bridgehead atoms. The van der Waals surface area contributed by atoms with Gasteiger partial charge in [-0.15, -0.1) is 35.7 Å². The van der Waals surface area contributed by atoms with Gasteiger partial charge in [0, 0.05) is 56.1 Å². The van der Waals surface area contributed by atoms with E-state index >= 15 is 0 Å². The van der Waals surface area contributed by atoms with Crippen LogP contribution in [0.15, 0.2) is 64.5 Å². The second kappa shape index (κ2) is 14.6. The molecule has 0 saturated heterocycles. The Morgan fingerprint density at radius 2 is 1.89 bits per heavy atom. The van der Waals surface area contributed by atoms with Gasteiger partial charge < -0.3 is 20.1 Å². The van der Waals surface area contributed by atoms with Gasteiger partial charge in [0.2, 0.25) is 0 Å². The van der Waals surface area contributed by atoms with Crippen LogP contribution in [0.3, 0.4) is 0 Å². The third-order valence-electron chi connectivity index (χ3n) is 3.49. The lowest BCUT2D eigenvalue weighted by Crippen LogP contribution is -2.32. The highest BCUT2D eigenvalue weighted by molar-refractivity contribution is 14.0. The summed E-state index contributed by atoms with van der Waals surface area (Å²) in [5, 5.41) is 6.62. The molecule has 2 N–H and O–H groups in total. The maximum absolute atomic E-state index is 5.73. The highest BCUT2D eigenvalue weighted by atomic mass is 127. The van der Waals surface area contributed by atoms with Gasteiger partial charge in [-0.3, -0.25) is 4.99 Å². The minimum atomic E-state index is 0. The number of hydrogen-bond acceptors (Lipinski definition) is 4. The van der Waals surface area contributed by atoms with Crippen molar-refractivity contribution in [3.8, 4) is 5.75 Å². The lowest BCUT2D eigenvalue weighted by molar-refractivity contribution is 0.172. The first-order valence-corrected chi connectivity index (χ1v) is 9.67. The van der Waals surface area contributed by atoms with E-state index in [-0.39, 0.29) is 24.0 Å². The van der Waals surface area contributed by atoms with Crippen LogP contribution in [0, 0.1) is 0 Å². The number of methoxy groups -OCH3 is 1. The van der Waals surface area contributed by atoms with E-state index < -0.39 is 0 Å². The molecule has 0 radical (unpaired) electrons. The number of aliphatic imine (C=N–C) groups is 1. The van der Waals surface area contributed by atoms with Crippen molar-refractivity contribution in [1.82, 2.24) is 5.32 Å². The number of ether oxygens (including phenoxy) is 2. The highest BCUT2D eigenvalue weighted by Gasteiger charge is 2.01. The minimum absolute atomic E-state index is 0. The quantitative estimate of drug-likeness (QED) is 0.165. The SMILES string of the molecule is CN=C(NCCSc1ccccc1)Nc1cccc(OCCCOC)c1.I. The molecule has 2 rings (SSSR count). The molecular weight excluding hydrogens is 473 g/mol. The van der Waals surface area contributed by atoms with Gasteiger partial charge in [0.05, 0.1) is 6.61 Å². The molecular formula is C20H28IN3O2S. The molecule has 2 aromatic carbocycles. The summed E-state index contributed by atoms with van der Waals surface area (Å²) >= 11 is 1.82. The topological polar surface area (TPSA) is 54.9 Å². The normalized spacial score (nSPS) is 10.8. The molecule has 0 heterocycles. The van der Waals surface area contributed by atoms with Gasteiger partial charge in [-0.25, -0.2) is 0 Å². The molecule has 0 spiro atoms. The van der Waals surface area contributed by atoms with Crippen LogP contribution in [0.25, 0.3) is 0 Å². The van der Waals surface area contributed by atoms with Crippen LogP contribution in [0.5, 0.6) is 5.75 Å². The van der Waals surface area contributed by atoms with Crippen LogP contribution < -0.4 is 15.4 Å². The Morgan fingerprint density at radius 1 is 1.07 bits per heavy atom. The largest absolute Gasteiger partial charge is 0.493 e. The average molecular weight is 501 g/mol. The Kier molecular flexibility index (Phi) is 12.7. The molecule has 2 aromatic rings. The summed E-state index contributed by atoms with van der Waals surface area (Å²) in [6, 6.07) is 18.3. The number of guanidine groups is 1. The van der Waals surface area contributed by atoms with Crippen molar-refractivity contribution in [2.75, 3.05) is 45.0 Å². The number of anilines is 1. The predicted molar refractivity (Wildman–Crippen MR) is 126 cm³/mol.